The molecule has 0 aromatic heterocycles. The van der Waals surface area contributed by atoms with E-state index < -0.39 is 0 Å². The number of para-hydroxylation sites is 1. The number of phenols is 1. The van der Waals surface area contributed by atoms with E-state index in [1.54, 1.807) is 12.1 Å². The summed E-state index contributed by atoms with van der Waals surface area (Å²) in [4.78, 5) is 10.8. The van der Waals surface area contributed by atoms with E-state index in [0.29, 0.717) is 5.69 Å². The molecule has 0 atom stereocenters. The van der Waals surface area contributed by atoms with Gasteiger partial charge in [-0.25, -0.2) is 4.79 Å². The van der Waals surface area contributed by atoms with Gasteiger partial charge in [-0.1, -0.05) is 6.07 Å². The molecule has 0 aliphatic carbocycles. The maximum absolute atomic E-state index is 10.8. The van der Waals surface area contributed by atoms with E-state index in [1.165, 1.54) is 6.07 Å². The van der Waals surface area contributed by atoms with E-state index in [4.69, 9.17) is 4.74 Å². The molecule has 1 aromatic carbocycles. The van der Waals surface area contributed by atoms with Crippen LogP contribution in [0, 0.1) is 0 Å². The lowest BCUT2D eigenvalue weighted by molar-refractivity contribution is -0.132. The highest BCUT2D eigenvalue weighted by Crippen LogP contribution is 2.35. The monoisotopic (exact) mass is 165 g/mol. The first-order chi connectivity index (χ1) is 5.77. The molecular weight excluding hydrogens is 158 g/mol. The fourth-order valence-electron chi connectivity index (χ4n) is 1.09. The summed E-state index contributed by atoms with van der Waals surface area (Å²) >= 11 is 0. The fraction of sp³-hybridized carbons (Fsp3) is 0.125. The molecule has 0 amide bonds. The highest BCUT2D eigenvalue weighted by molar-refractivity contribution is 5.84. The Hall–Kier alpha value is -1.71. The van der Waals surface area contributed by atoms with Crippen LogP contribution in [0.3, 0.4) is 0 Å². The second-order valence-electron chi connectivity index (χ2n) is 2.48. The summed E-state index contributed by atoms with van der Waals surface area (Å²) in [6, 6.07) is 4.89. The lowest BCUT2D eigenvalue weighted by Crippen LogP contribution is -2.24. The maximum Gasteiger partial charge on any atom is 0.330 e. The van der Waals surface area contributed by atoms with Gasteiger partial charge in [0.2, 0.25) is 0 Å². The van der Waals surface area contributed by atoms with Crippen molar-refractivity contribution in [3.63, 3.8) is 0 Å². The third kappa shape index (κ3) is 0.972. The van der Waals surface area contributed by atoms with E-state index in [2.05, 4.69) is 5.32 Å². The molecule has 1 aliphatic rings. The Morgan fingerprint density at radius 3 is 3.17 bits per heavy atom. The maximum atomic E-state index is 10.8. The summed E-state index contributed by atoms with van der Waals surface area (Å²) in [7, 11) is 0. The van der Waals surface area contributed by atoms with Crippen molar-refractivity contribution >= 4 is 11.7 Å². The number of anilines is 1. The number of esters is 1. The van der Waals surface area contributed by atoms with Crippen molar-refractivity contribution in [1.29, 1.82) is 0 Å². The quantitative estimate of drug-likeness (QED) is 0.439. The number of carbonyl (C=O) groups excluding carboxylic acids is 1. The van der Waals surface area contributed by atoms with E-state index in [0.717, 1.165) is 0 Å². The van der Waals surface area contributed by atoms with Crippen LogP contribution in [0.15, 0.2) is 18.2 Å². The molecule has 0 saturated heterocycles. The second-order valence-corrected chi connectivity index (χ2v) is 2.48. The van der Waals surface area contributed by atoms with E-state index in [9.17, 15) is 9.90 Å². The minimum atomic E-state index is -0.385. The molecule has 4 nitrogen and oxygen atoms in total. The van der Waals surface area contributed by atoms with Crippen LogP contribution in [0.2, 0.25) is 0 Å². The van der Waals surface area contributed by atoms with Gasteiger partial charge in [-0.2, -0.15) is 0 Å². The number of phenolic OH excluding ortho intramolecular Hbond substituents is 1. The Morgan fingerprint density at radius 2 is 2.33 bits per heavy atom. The molecule has 2 rings (SSSR count). The third-order valence-corrected chi connectivity index (χ3v) is 1.63. The number of rotatable bonds is 0. The SMILES string of the molecule is O=C1CNc2cccc(O)c2O1. The van der Waals surface area contributed by atoms with Gasteiger partial charge in [-0.15, -0.1) is 0 Å². The zero-order chi connectivity index (χ0) is 8.55. The number of hydrogen-bond donors (Lipinski definition) is 2. The highest BCUT2D eigenvalue weighted by atomic mass is 16.5. The van der Waals surface area contributed by atoms with Crippen molar-refractivity contribution < 1.29 is 14.6 Å². The van der Waals surface area contributed by atoms with Gasteiger partial charge in [-0.3, -0.25) is 0 Å². The highest BCUT2D eigenvalue weighted by Gasteiger charge is 2.18. The largest absolute Gasteiger partial charge is 0.504 e. The van der Waals surface area contributed by atoms with Gasteiger partial charge in [0, 0.05) is 0 Å². The lowest BCUT2D eigenvalue weighted by atomic mass is 10.2. The van der Waals surface area contributed by atoms with Gasteiger partial charge >= 0.3 is 5.97 Å². The Balaban J connectivity index is 2.50. The topological polar surface area (TPSA) is 58.6 Å². The van der Waals surface area contributed by atoms with Crippen LogP contribution in [-0.2, 0) is 4.79 Å². The van der Waals surface area contributed by atoms with Crippen LogP contribution < -0.4 is 10.1 Å². The Kier molecular flexibility index (Phi) is 1.40. The first-order valence-corrected chi connectivity index (χ1v) is 3.54. The third-order valence-electron chi connectivity index (χ3n) is 1.63. The summed E-state index contributed by atoms with van der Waals surface area (Å²) in [6.07, 6.45) is 0. The number of nitrogens with one attached hydrogen (secondary N) is 1. The number of benzene rings is 1. The van der Waals surface area contributed by atoms with Crippen LogP contribution in [0.1, 0.15) is 0 Å². The van der Waals surface area contributed by atoms with Gasteiger partial charge in [0.1, 0.15) is 6.54 Å². The van der Waals surface area contributed by atoms with Crippen LogP contribution in [0.4, 0.5) is 5.69 Å². The summed E-state index contributed by atoms with van der Waals surface area (Å²) in [5.74, 6) is -0.189. The Labute approximate surface area is 68.8 Å². The Morgan fingerprint density at radius 1 is 1.50 bits per heavy atom. The molecule has 1 aliphatic heterocycles. The first-order valence-electron chi connectivity index (χ1n) is 3.54. The van der Waals surface area contributed by atoms with Gasteiger partial charge < -0.3 is 15.2 Å². The molecule has 1 aromatic rings. The van der Waals surface area contributed by atoms with Gasteiger partial charge in [0.05, 0.1) is 5.69 Å². The van der Waals surface area contributed by atoms with Gasteiger partial charge in [0.25, 0.3) is 0 Å². The molecule has 0 saturated carbocycles. The average Bonchev–Trinajstić information content (AvgIpc) is 2.07. The molecule has 0 radical (unpaired) electrons. The molecule has 0 spiro atoms. The van der Waals surface area contributed by atoms with Crippen LogP contribution >= 0.6 is 0 Å². The number of ether oxygens (including phenoxy) is 1. The van der Waals surface area contributed by atoms with Crippen LogP contribution in [0.5, 0.6) is 11.5 Å². The van der Waals surface area contributed by atoms with E-state index in [-0.39, 0.29) is 24.0 Å². The predicted molar refractivity (Wildman–Crippen MR) is 42.2 cm³/mol. The number of fused-ring (bicyclic) bond motifs is 1. The van der Waals surface area contributed by atoms with Crippen LogP contribution in [-0.4, -0.2) is 17.6 Å². The first kappa shape index (κ1) is 6.97. The number of hydrogen-bond acceptors (Lipinski definition) is 4. The molecule has 0 fully saturated rings. The zero-order valence-corrected chi connectivity index (χ0v) is 6.20. The smallest absolute Gasteiger partial charge is 0.330 e. The molecule has 1 heterocycles. The summed E-state index contributed by atoms with van der Waals surface area (Å²) in [5.41, 5.74) is 0.648. The van der Waals surface area contributed by atoms with Crippen molar-refractivity contribution in [3.05, 3.63) is 18.2 Å². The Bertz CT molecular complexity index is 335. The molecule has 2 N–H and O–H groups in total. The minimum Gasteiger partial charge on any atom is -0.504 e. The van der Waals surface area contributed by atoms with E-state index >= 15 is 0 Å². The van der Waals surface area contributed by atoms with E-state index in [1.807, 2.05) is 0 Å². The molecular formula is C8H7NO3. The van der Waals surface area contributed by atoms with Crippen molar-refractivity contribution in [3.8, 4) is 11.5 Å². The van der Waals surface area contributed by atoms with Gasteiger partial charge in [0.15, 0.2) is 11.5 Å². The predicted octanol–water partition coefficient (Wildman–Crippen LogP) is 0.723. The molecule has 0 bridgehead atoms. The summed E-state index contributed by atoms with van der Waals surface area (Å²) in [5, 5.41) is 12.1. The summed E-state index contributed by atoms with van der Waals surface area (Å²) < 4.78 is 4.81. The average molecular weight is 165 g/mol. The van der Waals surface area contributed by atoms with Crippen molar-refractivity contribution in [2.45, 2.75) is 0 Å². The molecule has 62 valence electrons. The van der Waals surface area contributed by atoms with Gasteiger partial charge in [-0.05, 0) is 12.1 Å². The normalized spacial score (nSPS) is 14.5. The van der Waals surface area contributed by atoms with Crippen molar-refractivity contribution in [2.24, 2.45) is 0 Å². The van der Waals surface area contributed by atoms with Crippen LogP contribution in [0.25, 0.3) is 0 Å². The number of carbonyl (C=O) groups is 1. The summed E-state index contributed by atoms with van der Waals surface area (Å²) in [6.45, 7) is 0.149. The van der Waals surface area contributed by atoms with Crippen molar-refractivity contribution in [1.82, 2.24) is 0 Å². The fourth-order valence-corrected chi connectivity index (χ4v) is 1.09. The zero-order valence-electron chi connectivity index (χ0n) is 6.20. The second kappa shape index (κ2) is 2.41. The molecule has 0 unspecified atom stereocenters. The molecule has 12 heavy (non-hydrogen) atoms. The minimum absolute atomic E-state index is 0.0203. The van der Waals surface area contributed by atoms with Crippen molar-refractivity contribution in [2.75, 3.05) is 11.9 Å². The number of aromatic hydroxyl groups is 1. The lowest BCUT2D eigenvalue weighted by Gasteiger charge is -2.17. The standard InChI is InChI=1S/C8H7NO3/c10-6-3-1-2-5-8(6)12-7(11)4-9-5/h1-3,9-10H,4H2. The molecule has 4 heteroatoms.